The van der Waals surface area contributed by atoms with E-state index in [0.717, 1.165) is 25.1 Å². The van der Waals surface area contributed by atoms with E-state index in [0.29, 0.717) is 35.6 Å². The summed E-state index contributed by atoms with van der Waals surface area (Å²) in [6.07, 6.45) is 4.15. The Bertz CT molecular complexity index is 1620. The van der Waals surface area contributed by atoms with Gasteiger partial charge >= 0.3 is 0 Å². The van der Waals surface area contributed by atoms with Gasteiger partial charge in [-0.25, -0.2) is 23.7 Å². The number of aliphatic hydroxyl groups is 1. The van der Waals surface area contributed by atoms with Crippen LogP contribution in [-0.4, -0.2) is 36.0 Å². The lowest BCUT2D eigenvalue weighted by molar-refractivity contribution is -0.0457. The molecular weight excluding hydrogens is 485 g/mol. The maximum Gasteiger partial charge on any atom is 0.278 e. The van der Waals surface area contributed by atoms with Crippen LogP contribution in [0.5, 0.6) is 0 Å². The van der Waals surface area contributed by atoms with E-state index in [4.69, 9.17) is 4.98 Å². The Morgan fingerprint density at radius 2 is 1.95 bits per heavy atom. The molecule has 1 aliphatic carbocycles. The number of pyridine rings is 1. The highest BCUT2D eigenvalue weighted by Gasteiger charge is 2.40. The summed E-state index contributed by atoms with van der Waals surface area (Å²) in [4.78, 5) is 27.0. The Morgan fingerprint density at radius 1 is 1.16 bits per heavy atom. The minimum Gasteiger partial charge on any atom is -0.383 e. The van der Waals surface area contributed by atoms with E-state index >= 15 is 0 Å². The summed E-state index contributed by atoms with van der Waals surface area (Å²) >= 11 is 0. The fourth-order valence-electron chi connectivity index (χ4n) is 5.59. The molecule has 3 N–H and O–H groups in total. The molecule has 1 fully saturated rings. The van der Waals surface area contributed by atoms with Gasteiger partial charge in [-0.2, -0.15) is 4.98 Å². The fourth-order valence-corrected chi connectivity index (χ4v) is 5.59. The molecule has 3 aromatic heterocycles. The lowest BCUT2D eigenvalue weighted by atomic mass is 9.77. The van der Waals surface area contributed by atoms with Gasteiger partial charge in [0, 0.05) is 23.5 Å². The smallest absolute Gasteiger partial charge is 0.278 e. The Balaban J connectivity index is 1.45. The van der Waals surface area contributed by atoms with Gasteiger partial charge in [0.2, 0.25) is 5.95 Å². The minimum atomic E-state index is -1.29. The van der Waals surface area contributed by atoms with E-state index in [9.17, 15) is 14.3 Å². The van der Waals surface area contributed by atoms with Crippen molar-refractivity contribution in [3.8, 4) is 5.82 Å². The van der Waals surface area contributed by atoms with Crippen LogP contribution in [0.15, 0.2) is 41.3 Å². The number of nitrogens with one attached hydrogen (secondary N) is 2. The number of benzene rings is 1. The fraction of sp³-hybridized carbons (Fsp3) is 0.429. The predicted molar refractivity (Wildman–Crippen MR) is 143 cm³/mol. The van der Waals surface area contributed by atoms with Crippen LogP contribution in [-0.2, 0) is 17.6 Å². The number of nitrogens with zero attached hydrogens (tertiary/aromatic N) is 5. The van der Waals surface area contributed by atoms with Gasteiger partial charge in [0.05, 0.1) is 0 Å². The maximum absolute atomic E-state index is 14.7. The quantitative estimate of drug-likeness (QED) is 0.364. The molecule has 6 rings (SSSR count). The van der Waals surface area contributed by atoms with Crippen molar-refractivity contribution >= 4 is 22.7 Å². The van der Waals surface area contributed by atoms with E-state index in [-0.39, 0.29) is 22.8 Å². The lowest BCUT2D eigenvalue weighted by Gasteiger charge is -2.36. The van der Waals surface area contributed by atoms with Crippen molar-refractivity contribution in [1.29, 1.82) is 0 Å². The predicted octanol–water partition coefficient (Wildman–Crippen LogP) is 4.19. The Morgan fingerprint density at radius 3 is 2.66 bits per heavy atom. The molecule has 2 aliphatic rings. The van der Waals surface area contributed by atoms with Gasteiger partial charge in [0.15, 0.2) is 11.5 Å². The van der Waals surface area contributed by atoms with Crippen molar-refractivity contribution in [2.24, 2.45) is 0 Å². The summed E-state index contributed by atoms with van der Waals surface area (Å²) in [5.41, 5.74) is 2.10. The number of anilines is 2. The molecule has 4 heterocycles. The third-order valence-electron chi connectivity index (χ3n) is 7.78. The summed E-state index contributed by atoms with van der Waals surface area (Å²) < 4.78 is 17.8. The third kappa shape index (κ3) is 3.90. The third-order valence-corrected chi connectivity index (χ3v) is 7.78. The number of fused-ring (bicyclic) bond motifs is 2. The van der Waals surface area contributed by atoms with E-state index in [2.05, 4.69) is 46.6 Å². The molecule has 9 nitrogen and oxygen atoms in total. The van der Waals surface area contributed by atoms with Crippen molar-refractivity contribution in [3.63, 3.8) is 0 Å². The average Bonchev–Trinajstić information content (AvgIpc) is 3.14. The first kappa shape index (κ1) is 24.7. The largest absolute Gasteiger partial charge is 0.383 e. The van der Waals surface area contributed by atoms with Gasteiger partial charge in [-0.15, -0.1) is 0 Å². The molecule has 198 valence electrons. The van der Waals surface area contributed by atoms with Crippen molar-refractivity contribution in [2.45, 2.75) is 70.6 Å². The standard InChI is InChI=1S/C28H32FN7O2/c1-16(2)35-25(37)19-15-30-26(32-18-6-7-20-17(14-18)10-13-31-27(20,3)4)34-24(19)36(35)22-9-8-21(29)23(33-22)28(38)11-5-12-28/h6-9,14-16,31,38H,5,10-13H2,1-4H3,(H,30,32,34). The van der Waals surface area contributed by atoms with Gasteiger partial charge < -0.3 is 15.7 Å². The van der Waals surface area contributed by atoms with Crippen LogP contribution in [0.4, 0.5) is 16.0 Å². The molecule has 0 amide bonds. The second-order valence-electron chi connectivity index (χ2n) is 11.2. The number of halogens is 1. The molecule has 0 radical (unpaired) electrons. The van der Waals surface area contributed by atoms with Gasteiger partial charge in [-0.1, -0.05) is 6.07 Å². The highest BCUT2D eigenvalue weighted by molar-refractivity contribution is 5.77. The molecule has 1 aromatic carbocycles. The molecule has 38 heavy (non-hydrogen) atoms. The molecule has 0 unspecified atom stereocenters. The topological polar surface area (TPSA) is 110 Å². The van der Waals surface area contributed by atoms with E-state index in [1.807, 2.05) is 19.9 Å². The zero-order chi connectivity index (χ0) is 26.8. The van der Waals surface area contributed by atoms with Gasteiger partial charge in [0.25, 0.3) is 5.56 Å². The van der Waals surface area contributed by atoms with Crippen molar-refractivity contribution in [2.75, 3.05) is 11.9 Å². The molecule has 1 saturated carbocycles. The van der Waals surface area contributed by atoms with Gasteiger partial charge in [0.1, 0.15) is 22.5 Å². The summed E-state index contributed by atoms with van der Waals surface area (Å²) in [5.74, 6) is 0.0876. The van der Waals surface area contributed by atoms with Crippen LogP contribution >= 0.6 is 0 Å². The summed E-state index contributed by atoms with van der Waals surface area (Å²) in [6, 6.07) is 8.80. The van der Waals surface area contributed by atoms with Crippen LogP contribution in [0, 0.1) is 5.82 Å². The van der Waals surface area contributed by atoms with Gasteiger partial charge in [-0.05, 0) is 95.3 Å². The molecule has 10 heteroatoms. The highest BCUT2D eigenvalue weighted by Crippen LogP contribution is 2.41. The summed E-state index contributed by atoms with van der Waals surface area (Å²) in [5, 5.41) is 18.0. The van der Waals surface area contributed by atoms with E-state index in [1.165, 1.54) is 34.1 Å². The lowest BCUT2D eigenvalue weighted by Crippen LogP contribution is -2.42. The number of hydrogen-bond acceptors (Lipinski definition) is 7. The first-order chi connectivity index (χ1) is 18.1. The first-order valence-corrected chi connectivity index (χ1v) is 13.1. The second kappa shape index (κ2) is 8.71. The van der Waals surface area contributed by atoms with Gasteiger partial charge in [-0.3, -0.25) is 4.79 Å². The Hall–Kier alpha value is -3.63. The molecule has 0 saturated heterocycles. The van der Waals surface area contributed by atoms with Crippen LogP contribution in [0.1, 0.15) is 69.8 Å². The molecule has 0 bridgehead atoms. The number of rotatable bonds is 5. The molecule has 0 spiro atoms. The zero-order valence-corrected chi connectivity index (χ0v) is 22.0. The number of hydrogen-bond donors (Lipinski definition) is 3. The van der Waals surface area contributed by atoms with Crippen LogP contribution in [0.3, 0.4) is 0 Å². The minimum absolute atomic E-state index is 0.00438. The zero-order valence-electron chi connectivity index (χ0n) is 22.0. The maximum atomic E-state index is 14.7. The molecule has 4 aromatic rings. The van der Waals surface area contributed by atoms with E-state index < -0.39 is 11.4 Å². The monoisotopic (exact) mass is 517 g/mol. The average molecular weight is 518 g/mol. The summed E-state index contributed by atoms with van der Waals surface area (Å²) in [7, 11) is 0. The highest BCUT2D eigenvalue weighted by atomic mass is 19.1. The molecule has 0 atom stereocenters. The Labute approximate surface area is 219 Å². The number of aromatic nitrogens is 5. The van der Waals surface area contributed by atoms with E-state index in [1.54, 1.807) is 4.68 Å². The normalized spacial score (nSPS) is 17.9. The van der Waals surface area contributed by atoms with Crippen molar-refractivity contribution in [1.82, 2.24) is 29.6 Å². The molecule has 1 aliphatic heterocycles. The first-order valence-electron chi connectivity index (χ1n) is 13.1. The summed E-state index contributed by atoms with van der Waals surface area (Å²) in [6.45, 7) is 9.02. The van der Waals surface area contributed by atoms with Crippen molar-refractivity contribution in [3.05, 3.63) is 69.5 Å². The molecular formula is C28H32FN7O2. The van der Waals surface area contributed by atoms with Crippen LogP contribution in [0.25, 0.3) is 16.9 Å². The second-order valence-corrected chi connectivity index (χ2v) is 11.2. The van der Waals surface area contributed by atoms with Crippen molar-refractivity contribution < 1.29 is 9.50 Å². The Kier molecular flexibility index (Phi) is 5.66. The van der Waals surface area contributed by atoms with Crippen LogP contribution < -0.4 is 16.2 Å². The van der Waals surface area contributed by atoms with Crippen LogP contribution in [0.2, 0.25) is 0 Å². The SMILES string of the molecule is CC(C)n1c(=O)c2cnc(Nc3ccc4c(c3)CCNC4(C)C)nc2n1-c1ccc(F)c(C2(O)CCC2)n1.